The number of hydrogen-bond acceptors (Lipinski definition) is 5. The van der Waals surface area contributed by atoms with E-state index in [0.29, 0.717) is 39.5 Å². The molecule has 2 aromatic rings. The van der Waals surface area contributed by atoms with E-state index < -0.39 is 12.2 Å². The highest BCUT2D eigenvalue weighted by molar-refractivity contribution is 5.76. The molecule has 9 heteroatoms. The van der Waals surface area contributed by atoms with Crippen molar-refractivity contribution in [1.29, 1.82) is 0 Å². The Morgan fingerprint density at radius 3 is 1.60 bits per heavy atom. The van der Waals surface area contributed by atoms with Crippen LogP contribution in [0.25, 0.3) is 11.0 Å². The predicted octanol–water partition coefficient (Wildman–Crippen LogP) is -3.64. The molecule has 0 spiro atoms. The standard InChI is InChI=1S/C21H32N4O5/c26-17(13-22-5-9-29-10-6-22)15-24-19-3-1-2-4-20(19)25(21(24)28)16-18(27)14-23-7-11-30-12-8-23/h1-4,17-18,26-27H,5-16H2/p+2/t17-,18-/m0/s1. The van der Waals surface area contributed by atoms with Gasteiger partial charge in [-0.1, -0.05) is 12.1 Å². The van der Waals surface area contributed by atoms with Gasteiger partial charge in [0, 0.05) is 0 Å². The van der Waals surface area contributed by atoms with E-state index in [1.165, 1.54) is 9.80 Å². The molecule has 0 amide bonds. The van der Waals surface area contributed by atoms with Crippen molar-refractivity contribution in [2.24, 2.45) is 0 Å². The lowest BCUT2D eigenvalue weighted by Crippen LogP contribution is -3.15. The number of aliphatic hydroxyl groups is 2. The molecule has 0 bridgehead atoms. The smallest absolute Gasteiger partial charge is 0.329 e. The zero-order valence-corrected chi connectivity index (χ0v) is 17.5. The van der Waals surface area contributed by atoms with Crippen LogP contribution in [0.2, 0.25) is 0 Å². The maximum Gasteiger partial charge on any atom is 0.329 e. The number of para-hydroxylation sites is 2. The summed E-state index contributed by atoms with van der Waals surface area (Å²) in [6, 6.07) is 7.61. The number of quaternary nitrogens is 2. The van der Waals surface area contributed by atoms with Crippen LogP contribution in [0.1, 0.15) is 0 Å². The molecule has 2 saturated heterocycles. The van der Waals surface area contributed by atoms with E-state index >= 15 is 0 Å². The van der Waals surface area contributed by atoms with Gasteiger partial charge in [0.15, 0.2) is 0 Å². The van der Waals surface area contributed by atoms with Gasteiger partial charge in [-0.2, -0.15) is 0 Å². The molecule has 166 valence electrons. The van der Waals surface area contributed by atoms with Gasteiger partial charge in [-0.15, -0.1) is 0 Å². The fourth-order valence-corrected chi connectivity index (χ4v) is 4.57. The maximum atomic E-state index is 13.2. The van der Waals surface area contributed by atoms with E-state index in [1.54, 1.807) is 9.13 Å². The molecule has 0 saturated carbocycles. The van der Waals surface area contributed by atoms with Crippen molar-refractivity contribution >= 4 is 11.0 Å². The van der Waals surface area contributed by atoms with Crippen LogP contribution in [0.15, 0.2) is 29.1 Å². The second-order valence-electron chi connectivity index (χ2n) is 8.43. The first-order chi connectivity index (χ1) is 14.6. The zero-order valence-electron chi connectivity index (χ0n) is 17.5. The van der Waals surface area contributed by atoms with E-state index in [9.17, 15) is 15.0 Å². The van der Waals surface area contributed by atoms with E-state index in [4.69, 9.17) is 9.47 Å². The second-order valence-corrected chi connectivity index (χ2v) is 8.43. The summed E-state index contributed by atoms with van der Waals surface area (Å²) in [5, 5.41) is 21.3. The minimum atomic E-state index is -0.613. The highest BCUT2D eigenvalue weighted by atomic mass is 16.5. The number of nitrogens with one attached hydrogen (secondary N) is 2. The number of benzene rings is 1. The largest absolute Gasteiger partial charge is 0.385 e. The lowest BCUT2D eigenvalue weighted by atomic mass is 10.2. The molecule has 0 aliphatic carbocycles. The molecule has 4 rings (SSSR count). The third-order valence-corrected chi connectivity index (χ3v) is 6.16. The van der Waals surface area contributed by atoms with Gasteiger partial charge >= 0.3 is 5.69 Å². The average Bonchev–Trinajstić information content (AvgIpc) is 3.01. The number of ether oxygens (including phenoxy) is 2. The van der Waals surface area contributed by atoms with Crippen LogP contribution in [-0.2, 0) is 22.6 Å². The van der Waals surface area contributed by atoms with Crippen molar-refractivity contribution in [2.75, 3.05) is 65.7 Å². The molecular formula is C21H34N4O5+2. The summed E-state index contributed by atoms with van der Waals surface area (Å²) in [6.45, 7) is 8.06. The lowest BCUT2D eigenvalue weighted by molar-refractivity contribution is -0.911. The molecule has 9 nitrogen and oxygen atoms in total. The molecular weight excluding hydrogens is 388 g/mol. The number of morpholine rings is 2. The Kier molecular flexibility index (Phi) is 7.19. The number of aliphatic hydroxyl groups excluding tert-OH is 2. The third-order valence-electron chi connectivity index (χ3n) is 6.16. The van der Waals surface area contributed by atoms with Crippen LogP contribution in [-0.4, -0.2) is 97.3 Å². The lowest BCUT2D eigenvalue weighted by Gasteiger charge is -2.26. The van der Waals surface area contributed by atoms with Gasteiger partial charge in [0.1, 0.15) is 51.5 Å². The van der Waals surface area contributed by atoms with Crippen LogP contribution < -0.4 is 15.5 Å². The Hall–Kier alpha value is -1.75. The molecule has 4 N–H and O–H groups in total. The molecule has 0 radical (unpaired) electrons. The van der Waals surface area contributed by atoms with Crippen LogP contribution >= 0.6 is 0 Å². The minimum Gasteiger partial charge on any atom is -0.385 e. The van der Waals surface area contributed by atoms with Gasteiger partial charge in [-0.3, -0.25) is 9.13 Å². The van der Waals surface area contributed by atoms with Crippen molar-refractivity contribution < 1.29 is 29.5 Å². The van der Waals surface area contributed by atoms with Crippen molar-refractivity contribution in [3.05, 3.63) is 34.7 Å². The normalized spacial score (nSPS) is 21.1. The molecule has 2 aliphatic heterocycles. The first-order valence-electron chi connectivity index (χ1n) is 11.0. The van der Waals surface area contributed by atoms with Crippen LogP contribution in [0.4, 0.5) is 0 Å². The third kappa shape index (κ3) is 5.11. The molecule has 2 aliphatic rings. The van der Waals surface area contributed by atoms with E-state index in [2.05, 4.69) is 0 Å². The Labute approximate surface area is 176 Å². The second kappa shape index (κ2) is 10.0. The number of imidazole rings is 1. The van der Waals surface area contributed by atoms with Gasteiger partial charge < -0.3 is 29.5 Å². The summed E-state index contributed by atoms with van der Waals surface area (Å²) < 4.78 is 14.0. The van der Waals surface area contributed by atoms with Crippen LogP contribution in [0.3, 0.4) is 0 Å². The SMILES string of the molecule is O=c1n(C[C@@H](O)C[NH+]2CCOCC2)c2ccccc2n1C[C@@H](O)C[NH+]1CCOCC1. The molecule has 30 heavy (non-hydrogen) atoms. The number of rotatable bonds is 8. The van der Waals surface area contributed by atoms with Crippen molar-refractivity contribution in [1.82, 2.24) is 9.13 Å². The molecule has 2 atom stereocenters. The summed E-state index contributed by atoms with van der Waals surface area (Å²) >= 11 is 0. The average molecular weight is 423 g/mol. The summed E-state index contributed by atoms with van der Waals surface area (Å²) in [5.41, 5.74) is 1.41. The van der Waals surface area contributed by atoms with Crippen molar-refractivity contribution in [3.63, 3.8) is 0 Å². The van der Waals surface area contributed by atoms with E-state index in [1.807, 2.05) is 24.3 Å². The van der Waals surface area contributed by atoms with E-state index in [-0.39, 0.29) is 18.8 Å². The van der Waals surface area contributed by atoms with Gasteiger partial charge in [-0.05, 0) is 12.1 Å². The summed E-state index contributed by atoms with van der Waals surface area (Å²) in [7, 11) is 0. The van der Waals surface area contributed by atoms with Gasteiger partial charge in [0.05, 0.1) is 50.6 Å². The quantitative estimate of drug-likeness (QED) is 0.352. The first kappa shape index (κ1) is 21.5. The highest BCUT2D eigenvalue weighted by Gasteiger charge is 2.24. The maximum absolute atomic E-state index is 13.2. The summed E-state index contributed by atoms with van der Waals surface area (Å²) in [5.74, 6) is 0. The number of nitrogens with zero attached hydrogens (tertiary/aromatic N) is 2. The van der Waals surface area contributed by atoms with Gasteiger partial charge in [0.25, 0.3) is 0 Å². The Morgan fingerprint density at radius 2 is 1.20 bits per heavy atom. The summed E-state index contributed by atoms with van der Waals surface area (Å²) in [6.07, 6.45) is -1.23. The van der Waals surface area contributed by atoms with Crippen LogP contribution in [0, 0.1) is 0 Å². The Morgan fingerprint density at radius 1 is 0.800 bits per heavy atom. The van der Waals surface area contributed by atoms with Gasteiger partial charge in [0.2, 0.25) is 0 Å². The molecule has 2 fully saturated rings. The Balaban J connectivity index is 1.48. The molecule has 1 aromatic heterocycles. The highest BCUT2D eigenvalue weighted by Crippen LogP contribution is 2.13. The fraction of sp³-hybridized carbons (Fsp3) is 0.667. The van der Waals surface area contributed by atoms with Crippen LogP contribution in [0.5, 0.6) is 0 Å². The topological polar surface area (TPSA) is 94.7 Å². The summed E-state index contributed by atoms with van der Waals surface area (Å²) in [4.78, 5) is 15.8. The zero-order chi connectivity index (χ0) is 20.9. The molecule has 0 unspecified atom stereocenters. The number of aromatic nitrogens is 2. The van der Waals surface area contributed by atoms with Crippen molar-refractivity contribution in [3.8, 4) is 0 Å². The first-order valence-corrected chi connectivity index (χ1v) is 11.0. The molecule has 3 heterocycles. The fourth-order valence-electron chi connectivity index (χ4n) is 4.57. The molecule has 1 aromatic carbocycles. The monoisotopic (exact) mass is 422 g/mol. The van der Waals surface area contributed by atoms with E-state index in [0.717, 1.165) is 37.2 Å². The number of hydrogen-bond donors (Lipinski definition) is 4. The van der Waals surface area contributed by atoms with Gasteiger partial charge in [-0.25, -0.2) is 4.79 Å². The van der Waals surface area contributed by atoms with Crippen molar-refractivity contribution in [2.45, 2.75) is 25.3 Å². The Bertz CT molecular complexity index is 802. The predicted molar refractivity (Wildman–Crippen MR) is 111 cm³/mol. The minimum absolute atomic E-state index is 0.178. The number of fused-ring (bicyclic) bond motifs is 1.